The smallest absolute Gasteiger partial charge is 0.0461 e. The summed E-state index contributed by atoms with van der Waals surface area (Å²) in [6, 6.07) is 38.5. The summed E-state index contributed by atoms with van der Waals surface area (Å²) in [5.74, 6) is 0. The maximum atomic E-state index is 4.45. The zero-order valence-corrected chi connectivity index (χ0v) is 24.3. The van der Waals surface area contributed by atoms with E-state index in [0.717, 1.165) is 41.2 Å². The van der Waals surface area contributed by atoms with E-state index in [4.69, 9.17) is 0 Å². The molecule has 0 spiro atoms. The Morgan fingerprint density at radius 1 is 0.634 bits per heavy atom. The molecular weight excluding hydrogens is 496 g/mol. The summed E-state index contributed by atoms with van der Waals surface area (Å²) < 4.78 is 0. The fraction of sp³-hybridized carbons (Fsp3) is 0.128. The number of anilines is 4. The molecule has 0 aliphatic heterocycles. The molecule has 2 heteroatoms. The van der Waals surface area contributed by atoms with Gasteiger partial charge in [-0.15, -0.1) is 0 Å². The molecule has 0 N–H and O–H groups in total. The topological polar surface area (TPSA) is 6.48 Å². The minimum absolute atomic E-state index is 0.902. The van der Waals surface area contributed by atoms with Crippen LogP contribution in [0.1, 0.15) is 37.8 Å². The molecule has 0 radical (unpaired) electrons. The van der Waals surface area contributed by atoms with Crippen molar-refractivity contribution in [2.24, 2.45) is 0 Å². The molecule has 1 aliphatic carbocycles. The maximum absolute atomic E-state index is 4.45. The molecule has 2 nitrogen and oxygen atoms in total. The van der Waals surface area contributed by atoms with Crippen molar-refractivity contribution in [3.8, 4) is 0 Å². The highest BCUT2D eigenvalue weighted by atomic mass is 15.2. The largest absolute Gasteiger partial charge is 0.314 e. The molecule has 0 amide bonds. The second-order valence-corrected chi connectivity index (χ2v) is 10.5. The lowest BCUT2D eigenvalue weighted by atomic mass is 10.0. The van der Waals surface area contributed by atoms with Crippen LogP contribution in [-0.2, 0) is 0 Å². The lowest BCUT2D eigenvalue weighted by Gasteiger charge is -2.29. The number of allylic oxidation sites excluding steroid dienone is 8. The second kappa shape index (κ2) is 13.0. The Balaban J connectivity index is 1.41. The Kier molecular flexibility index (Phi) is 8.81. The van der Waals surface area contributed by atoms with Crippen molar-refractivity contribution in [1.29, 1.82) is 0 Å². The lowest BCUT2D eigenvalue weighted by Crippen LogP contribution is -2.17. The van der Waals surface area contributed by atoms with Gasteiger partial charge in [-0.1, -0.05) is 96.6 Å². The first-order valence-electron chi connectivity index (χ1n) is 14.3. The molecule has 0 saturated carbocycles. The van der Waals surface area contributed by atoms with Crippen LogP contribution in [0.5, 0.6) is 0 Å². The summed E-state index contributed by atoms with van der Waals surface area (Å²) in [6.45, 7) is 10.9. The zero-order valence-electron chi connectivity index (χ0n) is 24.3. The van der Waals surface area contributed by atoms with E-state index in [1.54, 1.807) is 0 Å². The van der Waals surface area contributed by atoms with Crippen LogP contribution in [0.2, 0.25) is 0 Å². The van der Waals surface area contributed by atoms with Crippen molar-refractivity contribution in [3.05, 3.63) is 174 Å². The molecule has 0 unspecified atom stereocenters. The Hall–Kier alpha value is -4.82. The summed E-state index contributed by atoms with van der Waals surface area (Å²) >= 11 is 0. The first kappa shape index (κ1) is 27.7. The van der Waals surface area contributed by atoms with Gasteiger partial charge < -0.3 is 9.80 Å². The maximum Gasteiger partial charge on any atom is 0.0461 e. The Morgan fingerprint density at radius 3 is 1.78 bits per heavy atom. The van der Waals surface area contributed by atoms with E-state index in [2.05, 4.69) is 171 Å². The van der Waals surface area contributed by atoms with Crippen molar-refractivity contribution in [2.45, 2.75) is 33.6 Å². The van der Waals surface area contributed by atoms with Gasteiger partial charge in [0.1, 0.15) is 0 Å². The number of para-hydroxylation sites is 2. The van der Waals surface area contributed by atoms with Crippen LogP contribution in [0, 0.1) is 6.92 Å². The molecule has 0 bridgehead atoms. The predicted molar refractivity (Wildman–Crippen MR) is 178 cm³/mol. The van der Waals surface area contributed by atoms with Gasteiger partial charge in [0.05, 0.1) is 0 Å². The molecule has 0 fully saturated rings. The summed E-state index contributed by atoms with van der Waals surface area (Å²) in [5, 5.41) is 0. The molecule has 204 valence electrons. The molecule has 4 aromatic rings. The highest BCUT2D eigenvalue weighted by molar-refractivity contribution is 5.78. The first-order valence-corrected chi connectivity index (χ1v) is 14.3. The fourth-order valence-corrected chi connectivity index (χ4v) is 5.15. The van der Waals surface area contributed by atoms with Crippen LogP contribution in [0.4, 0.5) is 22.7 Å². The van der Waals surface area contributed by atoms with E-state index in [1.807, 2.05) is 6.07 Å². The Labute approximate surface area is 245 Å². The third-order valence-electron chi connectivity index (χ3n) is 7.46. The van der Waals surface area contributed by atoms with Crippen LogP contribution in [0.25, 0.3) is 5.57 Å². The first-order chi connectivity index (χ1) is 20.0. The van der Waals surface area contributed by atoms with Crippen molar-refractivity contribution >= 4 is 28.3 Å². The van der Waals surface area contributed by atoms with E-state index in [1.165, 1.54) is 28.1 Å². The van der Waals surface area contributed by atoms with Crippen LogP contribution in [0.15, 0.2) is 163 Å². The molecule has 4 aromatic carbocycles. The average Bonchev–Trinajstić information content (AvgIpc) is 3.01. The van der Waals surface area contributed by atoms with E-state index in [0.29, 0.717) is 0 Å². The van der Waals surface area contributed by atoms with E-state index < -0.39 is 0 Å². The van der Waals surface area contributed by atoms with Gasteiger partial charge in [0.25, 0.3) is 0 Å². The van der Waals surface area contributed by atoms with Crippen LogP contribution < -0.4 is 9.80 Å². The summed E-state index contributed by atoms with van der Waals surface area (Å²) in [4.78, 5) is 4.57. The van der Waals surface area contributed by atoms with Crippen molar-refractivity contribution < 1.29 is 0 Å². The van der Waals surface area contributed by atoms with Gasteiger partial charge in [0.15, 0.2) is 0 Å². The third kappa shape index (κ3) is 6.67. The monoisotopic (exact) mass is 534 g/mol. The van der Waals surface area contributed by atoms with Crippen molar-refractivity contribution in [2.75, 3.05) is 9.80 Å². The van der Waals surface area contributed by atoms with Gasteiger partial charge in [-0.25, -0.2) is 0 Å². The standard InChI is InChI=1S/C39H38N2/c1-5-33(21-20-32(4)40(35-12-8-6-9-13-35)37-24-16-30(2)17-25-37)34-22-28-39(29-23-34)41(36-14-10-7-11-15-36)38-26-18-31(3)19-27-38/h5-18,20-26,28-29H,4,19,27H2,1-3H3/b21-20-,33-5+. The highest BCUT2D eigenvalue weighted by Crippen LogP contribution is 2.35. The number of hydrogen-bond acceptors (Lipinski definition) is 2. The average molecular weight is 535 g/mol. The van der Waals surface area contributed by atoms with E-state index >= 15 is 0 Å². The summed E-state index contributed by atoms with van der Waals surface area (Å²) in [5.41, 5.74) is 11.7. The molecule has 1 aliphatic rings. The summed E-state index contributed by atoms with van der Waals surface area (Å²) in [6.07, 6.45) is 13.0. The second-order valence-electron chi connectivity index (χ2n) is 10.5. The van der Waals surface area contributed by atoms with Gasteiger partial charge in [-0.2, -0.15) is 0 Å². The van der Waals surface area contributed by atoms with Crippen molar-refractivity contribution in [1.82, 2.24) is 0 Å². The summed E-state index contributed by atoms with van der Waals surface area (Å²) in [7, 11) is 0. The number of benzene rings is 4. The van der Waals surface area contributed by atoms with Gasteiger partial charge in [-0.3, -0.25) is 0 Å². The fourth-order valence-electron chi connectivity index (χ4n) is 5.15. The molecule has 5 rings (SSSR count). The Bertz CT molecular complexity index is 1590. The number of nitrogens with zero attached hydrogens (tertiary/aromatic N) is 2. The minimum atomic E-state index is 0.902. The molecular formula is C39H38N2. The molecule has 0 saturated heterocycles. The van der Waals surface area contributed by atoms with Crippen LogP contribution in [0.3, 0.4) is 0 Å². The van der Waals surface area contributed by atoms with Gasteiger partial charge in [0, 0.05) is 34.1 Å². The molecule has 0 atom stereocenters. The Morgan fingerprint density at radius 2 is 1.20 bits per heavy atom. The zero-order chi connectivity index (χ0) is 28.6. The number of aryl methyl sites for hydroxylation is 1. The molecule has 0 aromatic heterocycles. The van der Waals surface area contributed by atoms with Crippen LogP contribution in [-0.4, -0.2) is 0 Å². The van der Waals surface area contributed by atoms with Gasteiger partial charge >= 0.3 is 0 Å². The minimum Gasteiger partial charge on any atom is -0.314 e. The van der Waals surface area contributed by atoms with E-state index in [-0.39, 0.29) is 0 Å². The van der Waals surface area contributed by atoms with Gasteiger partial charge in [0.2, 0.25) is 0 Å². The molecule has 0 heterocycles. The van der Waals surface area contributed by atoms with E-state index in [9.17, 15) is 0 Å². The van der Waals surface area contributed by atoms with Gasteiger partial charge in [-0.05, 0) is 105 Å². The molecule has 41 heavy (non-hydrogen) atoms. The number of rotatable bonds is 9. The normalized spacial score (nSPS) is 13.5. The third-order valence-corrected chi connectivity index (χ3v) is 7.46. The SMILES string of the molecule is C=C(/C=C\C(=C/C)c1ccc(N(C2=CC=C(C)CC2)c2ccccc2)cc1)N(c1ccccc1)c1ccc(C)cc1. The van der Waals surface area contributed by atoms with Crippen molar-refractivity contribution in [3.63, 3.8) is 0 Å². The lowest BCUT2D eigenvalue weighted by molar-refractivity contribution is 0.874. The highest BCUT2D eigenvalue weighted by Gasteiger charge is 2.17. The predicted octanol–water partition coefficient (Wildman–Crippen LogP) is 11.1. The number of hydrogen-bond donors (Lipinski definition) is 0. The van der Waals surface area contributed by atoms with Crippen LogP contribution >= 0.6 is 0 Å². The quantitative estimate of drug-likeness (QED) is 0.197.